The van der Waals surface area contributed by atoms with E-state index in [1.54, 1.807) is 12.3 Å². The zero-order chi connectivity index (χ0) is 13.5. The maximum Gasteiger partial charge on any atom is 0.222 e. The number of carbonyl (C=O) groups excluding carboxylic acids is 1. The Morgan fingerprint density at radius 3 is 2.68 bits per heavy atom. The Morgan fingerprint density at radius 2 is 2.00 bits per heavy atom. The van der Waals surface area contributed by atoms with Crippen LogP contribution in [0.2, 0.25) is 0 Å². The number of hydrogen-bond acceptors (Lipinski definition) is 4. The van der Waals surface area contributed by atoms with Crippen LogP contribution in [0.1, 0.15) is 23.7 Å². The van der Waals surface area contributed by atoms with Crippen LogP contribution >= 0.6 is 0 Å². The normalized spacial score (nSPS) is 11.8. The van der Waals surface area contributed by atoms with Gasteiger partial charge in [-0.2, -0.15) is 10.2 Å². The van der Waals surface area contributed by atoms with Gasteiger partial charge < -0.3 is 11.1 Å². The van der Waals surface area contributed by atoms with Gasteiger partial charge in [-0.15, -0.1) is 0 Å². The zero-order valence-electron chi connectivity index (χ0n) is 10.5. The molecule has 2 rings (SSSR count). The number of aromatic nitrogens is 2. The van der Waals surface area contributed by atoms with Crippen LogP contribution in [-0.2, 0) is 11.3 Å². The van der Waals surface area contributed by atoms with Crippen LogP contribution < -0.4 is 11.1 Å². The number of nitrogens with zero attached hydrogens (tertiary/aromatic N) is 2. The molecule has 1 amide bonds. The quantitative estimate of drug-likeness (QED) is 0.841. The molecule has 1 atom stereocenters. The van der Waals surface area contributed by atoms with Crippen LogP contribution in [-0.4, -0.2) is 16.1 Å². The van der Waals surface area contributed by atoms with E-state index in [4.69, 9.17) is 5.73 Å². The molecule has 0 aliphatic carbocycles. The number of amides is 1. The Bertz CT molecular complexity index is 515. The van der Waals surface area contributed by atoms with Crippen molar-refractivity contribution in [3.8, 4) is 0 Å². The van der Waals surface area contributed by atoms with Gasteiger partial charge in [0, 0.05) is 18.7 Å². The first-order valence-corrected chi connectivity index (χ1v) is 6.09. The molecular weight excluding hydrogens is 240 g/mol. The minimum absolute atomic E-state index is 0.0954. The average Bonchev–Trinajstić information content (AvgIpc) is 2.47. The Labute approximate surface area is 111 Å². The van der Waals surface area contributed by atoms with Gasteiger partial charge in [-0.3, -0.25) is 4.79 Å². The second-order valence-corrected chi connectivity index (χ2v) is 4.21. The van der Waals surface area contributed by atoms with Gasteiger partial charge in [0.2, 0.25) is 5.91 Å². The van der Waals surface area contributed by atoms with Gasteiger partial charge >= 0.3 is 0 Å². The van der Waals surface area contributed by atoms with E-state index in [0.717, 1.165) is 11.3 Å². The van der Waals surface area contributed by atoms with E-state index in [-0.39, 0.29) is 18.4 Å². The fourth-order valence-corrected chi connectivity index (χ4v) is 1.71. The maximum atomic E-state index is 11.8. The molecule has 5 heteroatoms. The molecule has 2 aromatic rings. The Morgan fingerprint density at radius 1 is 1.21 bits per heavy atom. The first kappa shape index (κ1) is 13.2. The summed E-state index contributed by atoms with van der Waals surface area (Å²) in [7, 11) is 0. The minimum Gasteiger partial charge on any atom is -0.350 e. The van der Waals surface area contributed by atoms with Crippen molar-refractivity contribution in [3.63, 3.8) is 0 Å². The molecule has 0 aliphatic heterocycles. The molecule has 0 aliphatic rings. The van der Waals surface area contributed by atoms with Gasteiger partial charge in [0.25, 0.3) is 0 Å². The second kappa shape index (κ2) is 6.61. The molecule has 0 saturated heterocycles. The Hall–Kier alpha value is -2.27. The Balaban J connectivity index is 1.82. The highest BCUT2D eigenvalue weighted by Gasteiger charge is 2.11. The molecule has 0 saturated carbocycles. The topological polar surface area (TPSA) is 80.9 Å². The van der Waals surface area contributed by atoms with Crippen molar-refractivity contribution in [2.45, 2.75) is 19.0 Å². The van der Waals surface area contributed by atoms with Crippen molar-refractivity contribution in [1.29, 1.82) is 0 Å². The monoisotopic (exact) mass is 256 g/mol. The van der Waals surface area contributed by atoms with Gasteiger partial charge in [0.1, 0.15) is 0 Å². The third-order valence-corrected chi connectivity index (χ3v) is 2.73. The van der Waals surface area contributed by atoms with Crippen LogP contribution in [0.4, 0.5) is 0 Å². The van der Waals surface area contributed by atoms with Gasteiger partial charge in [-0.25, -0.2) is 0 Å². The van der Waals surface area contributed by atoms with E-state index in [9.17, 15) is 4.79 Å². The van der Waals surface area contributed by atoms with Crippen molar-refractivity contribution < 1.29 is 4.79 Å². The van der Waals surface area contributed by atoms with Crippen molar-refractivity contribution in [1.82, 2.24) is 15.5 Å². The molecule has 1 heterocycles. The smallest absolute Gasteiger partial charge is 0.222 e. The molecule has 1 unspecified atom stereocenters. The maximum absolute atomic E-state index is 11.8. The summed E-state index contributed by atoms with van der Waals surface area (Å²) in [6, 6.07) is 12.9. The van der Waals surface area contributed by atoms with E-state index in [0.29, 0.717) is 6.54 Å². The number of nitrogens with one attached hydrogen (secondary N) is 1. The standard InChI is InChI=1S/C14H16N4O/c15-13(11-5-2-1-3-6-11)9-14(19)16-10-12-7-4-8-17-18-12/h1-8,13H,9-10,15H2,(H,16,19). The molecule has 0 spiro atoms. The van der Waals surface area contributed by atoms with Crippen LogP contribution in [0.5, 0.6) is 0 Å². The van der Waals surface area contributed by atoms with Crippen LogP contribution in [0.25, 0.3) is 0 Å². The summed E-state index contributed by atoms with van der Waals surface area (Å²) in [5.74, 6) is -0.0954. The SMILES string of the molecule is NC(CC(=O)NCc1cccnn1)c1ccccc1. The lowest BCUT2D eigenvalue weighted by Crippen LogP contribution is -2.27. The molecule has 0 fully saturated rings. The van der Waals surface area contributed by atoms with Crippen LogP contribution in [0.3, 0.4) is 0 Å². The summed E-state index contributed by atoms with van der Waals surface area (Å²) < 4.78 is 0. The number of nitrogens with two attached hydrogens (primary N) is 1. The average molecular weight is 256 g/mol. The summed E-state index contributed by atoms with van der Waals surface area (Å²) in [6.45, 7) is 0.369. The van der Waals surface area contributed by atoms with E-state index in [1.807, 2.05) is 36.4 Å². The summed E-state index contributed by atoms with van der Waals surface area (Å²) in [5.41, 5.74) is 7.66. The highest BCUT2D eigenvalue weighted by atomic mass is 16.1. The molecule has 1 aromatic carbocycles. The summed E-state index contributed by atoms with van der Waals surface area (Å²) in [6.07, 6.45) is 1.85. The molecule has 19 heavy (non-hydrogen) atoms. The van der Waals surface area contributed by atoms with Gasteiger partial charge in [0.05, 0.1) is 12.2 Å². The third kappa shape index (κ3) is 4.15. The molecule has 5 nitrogen and oxygen atoms in total. The number of rotatable bonds is 5. The molecule has 1 aromatic heterocycles. The summed E-state index contributed by atoms with van der Waals surface area (Å²) in [5, 5.41) is 10.4. The largest absolute Gasteiger partial charge is 0.350 e. The van der Waals surface area contributed by atoms with Gasteiger partial charge in [-0.1, -0.05) is 30.3 Å². The van der Waals surface area contributed by atoms with Crippen molar-refractivity contribution in [2.24, 2.45) is 5.73 Å². The highest BCUT2D eigenvalue weighted by Crippen LogP contribution is 2.12. The molecule has 98 valence electrons. The van der Waals surface area contributed by atoms with Crippen molar-refractivity contribution in [2.75, 3.05) is 0 Å². The minimum atomic E-state index is -0.289. The summed E-state index contributed by atoms with van der Waals surface area (Å²) >= 11 is 0. The fraction of sp³-hybridized carbons (Fsp3) is 0.214. The highest BCUT2D eigenvalue weighted by molar-refractivity contribution is 5.76. The first-order chi connectivity index (χ1) is 9.25. The van der Waals surface area contributed by atoms with Crippen molar-refractivity contribution >= 4 is 5.91 Å². The predicted octanol–water partition coefficient (Wildman–Crippen LogP) is 1.18. The first-order valence-electron chi connectivity index (χ1n) is 6.09. The predicted molar refractivity (Wildman–Crippen MR) is 71.9 cm³/mol. The van der Waals surface area contributed by atoms with Crippen molar-refractivity contribution in [3.05, 3.63) is 59.9 Å². The number of hydrogen-bond donors (Lipinski definition) is 2. The lowest BCUT2D eigenvalue weighted by molar-refractivity contribution is -0.121. The zero-order valence-corrected chi connectivity index (χ0v) is 10.5. The number of carbonyl (C=O) groups is 1. The van der Waals surface area contributed by atoms with E-state index in [2.05, 4.69) is 15.5 Å². The van der Waals surface area contributed by atoms with Gasteiger partial charge in [0.15, 0.2) is 0 Å². The fourth-order valence-electron chi connectivity index (χ4n) is 1.71. The number of benzene rings is 1. The lowest BCUT2D eigenvalue weighted by atomic mass is 10.0. The molecule has 0 radical (unpaired) electrons. The van der Waals surface area contributed by atoms with Crippen LogP contribution in [0.15, 0.2) is 48.7 Å². The lowest BCUT2D eigenvalue weighted by Gasteiger charge is -2.11. The Kier molecular flexibility index (Phi) is 4.58. The van der Waals surface area contributed by atoms with E-state index >= 15 is 0 Å². The van der Waals surface area contributed by atoms with E-state index in [1.165, 1.54) is 0 Å². The van der Waals surface area contributed by atoms with E-state index < -0.39 is 0 Å². The van der Waals surface area contributed by atoms with Gasteiger partial charge in [-0.05, 0) is 17.7 Å². The second-order valence-electron chi connectivity index (χ2n) is 4.21. The third-order valence-electron chi connectivity index (χ3n) is 2.73. The molecular formula is C14H16N4O. The molecule has 0 bridgehead atoms. The molecule has 3 N–H and O–H groups in total. The summed E-state index contributed by atoms with van der Waals surface area (Å²) in [4.78, 5) is 11.8. The van der Waals surface area contributed by atoms with Crippen LogP contribution in [0, 0.1) is 0 Å².